The first kappa shape index (κ1) is 20.2. The van der Waals surface area contributed by atoms with Gasteiger partial charge in [0.2, 0.25) is 5.91 Å². The van der Waals surface area contributed by atoms with Gasteiger partial charge in [-0.15, -0.1) is 11.3 Å². The lowest BCUT2D eigenvalue weighted by Gasteiger charge is -2.17. The van der Waals surface area contributed by atoms with E-state index in [2.05, 4.69) is 24.4 Å². The molecule has 5 nitrogen and oxygen atoms in total. The molecule has 0 fully saturated rings. The van der Waals surface area contributed by atoms with Crippen molar-refractivity contribution >= 4 is 39.2 Å². The first-order valence-electron chi connectivity index (χ1n) is 9.99. The highest BCUT2D eigenvalue weighted by molar-refractivity contribution is 7.99. The molecule has 0 spiro atoms. The van der Waals surface area contributed by atoms with Gasteiger partial charge in [0.15, 0.2) is 5.16 Å². The van der Waals surface area contributed by atoms with E-state index in [0.29, 0.717) is 17.6 Å². The Labute approximate surface area is 178 Å². The van der Waals surface area contributed by atoms with Crippen LogP contribution in [0.1, 0.15) is 29.3 Å². The number of rotatable bonds is 6. The SMILES string of the molecule is CNC(=O)CSc1nc2sc3c(c2c(=O)n1CCc1ccccc1)CCC(C)C3. The number of nitrogens with one attached hydrogen (secondary N) is 1. The monoisotopic (exact) mass is 427 g/mol. The Morgan fingerprint density at radius 2 is 2.14 bits per heavy atom. The minimum atomic E-state index is -0.0711. The Morgan fingerprint density at radius 1 is 1.34 bits per heavy atom. The topological polar surface area (TPSA) is 64.0 Å². The van der Waals surface area contributed by atoms with E-state index in [-0.39, 0.29) is 17.2 Å². The summed E-state index contributed by atoms with van der Waals surface area (Å²) in [5.41, 5.74) is 2.43. The first-order valence-corrected chi connectivity index (χ1v) is 11.8. The highest BCUT2D eigenvalue weighted by Gasteiger charge is 2.24. The van der Waals surface area contributed by atoms with Crippen LogP contribution in [0.15, 0.2) is 40.3 Å². The fourth-order valence-corrected chi connectivity index (χ4v) is 6.12. The molecule has 2 aromatic heterocycles. The number of thioether (sulfide) groups is 1. The van der Waals surface area contributed by atoms with Crippen molar-refractivity contribution in [3.8, 4) is 0 Å². The van der Waals surface area contributed by atoms with Crippen LogP contribution < -0.4 is 10.9 Å². The van der Waals surface area contributed by atoms with E-state index >= 15 is 0 Å². The normalized spacial score (nSPS) is 16.0. The van der Waals surface area contributed by atoms with Crippen molar-refractivity contribution in [2.45, 2.75) is 44.3 Å². The third-order valence-electron chi connectivity index (χ3n) is 5.46. The van der Waals surface area contributed by atoms with Crippen molar-refractivity contribution < 1.29 is 4.79 Å². The van der Waals surface area contributed by atoms with Crippen LogP contribution in [-0.4, -0.2) is 28.3 Å². The van der Waals surface area contributed by atoms with Crippen LogP contribution in [0.2, 0.25) is 0 Å². The number of fused-ring (bicyclic) bond motifs is 3. The molecule has 1 aromatic carbocycles. The van der Waals surface area contributed by atoms with Gasteiger partial charge in [0.05, 0.1) is 11.1 Å². The van der Waals surface area contributed by atoms with Crippen molar-refractivity contribution in [3.63, 3.8) is 0 Å². The van der Waals surface area contributed by atoms with Gasteiger partial charge in [-0.05, 0) is 42.7 Å². The highest BCUT2D eigenvalue weighted by Crippen LogP contribution is 2.36. The summed E-state index contributed by atoms with van der Waals surface area (Å²) in [6, 6.07) is 10.2. The quantitative estimate of drug-likeness (QED) is 0.482. The van der Waals surface area contributed by atoms with Crippen molar-refractivity contribution in [1.82, 2.24) is 14.9 Å². The molecule has 0 bridgehead atoms. The third-order valence-corrected chi connectivity index (χ3v) is 7.58. The Balaban J connectivity index is 1.75. The van der Waals surface area contributed by atoms with Gasteiger partial charge in [0.25, 0.3) is 5.56 Å². The Morgan fingerprint density at radius 3 is 2.90 bits per heavy atom. The lowest BCUT2D eigenvalue weighted by atomic mass is 9.89. The predicted molar refractivity (Wildman–Crippen MR) is 120 cm³/mol. The molecular weight excluding hydrogens is 402 g/mol. The molecule has 152 valence electrons. The summed E-state index contributed by atoms with van der Waals surface area (Å²) >= 11 is 2.99. The summed E-state index contributed by atoms with van der Waals surface area (Å²) < 4.78 is 1.77. The second-order valence-corrected chi connectivity index (χ2v) is 9.61. The van der Waals surface area contributed by atoms with Crippen molar-refractivity contribution in [2.24, 2.45) is 5.92 Å². The zero-order valence-corrected chi connectivity index (χ0v) is 18.4. The molecule has 1 unspecified atom stereocenters. The number of thiophene rings is 1. The second kappa shape index (κ2) is 8.71. The fraction of sp³-hybridized carbons (Fsp3) is 0.409. The Kier molecular flexibility index (Phi) is 6.06. The molecule has 3 aromatic rings. The smallest absolute Gasteiger partial charge is 0.263 e. The van der Waals surface area contributed by atoms with E-state index in [0.717, 1.165) is 35.9 Å². The molecule has 1 atom stereocenters. The van der Waals surface area contributed by atoms with Crippen LogP contribution in [0.3, 0.4) is 0 Å². The summed E-state index contributed by atoms with van der Waals surface area (Å²) in [6.07, 6.45) is 3.86. The molecule has 4 rings (SSSR count). The van der Waals surface area contributed by atoms with Gasteiger partial charge in [0.1, 0.15) is 4.83 Å². The van der Waals surface area contributed by atoms with Gasteiger partial charge in [-0.3, -0.25) is 14.2 Å². The van der Waals surface area contributed by atoms with Crippen LogP contribution in [0.4, 0.5) is 0 Å². The number of aromatic nitrogens is 2. The number of nitrogens with zero attached hydrogens (tertiary/aromatic N) is 2. The first-order chi connectivity index (χ1) is 14.1. The number of hydrogen-bond donors (Lipinski definition) is 1. The second-order valence-electron chi connectivity index (χ2n) is 7.58. The molecule has 0 aliphatic heterocycles. The number of hydrogen-bond acceptors (Lipinski definition) is 5. The average molecular weight is 428 g/mol. The fourth-order valence-electron chi connectivity index (χ4n) is 3.80. The number of carbonyl (C=O) groups excluding carboxylic acids is 1. The van der Waals surface area contributed by atoms with Gasteiger partial charge in [-0.1, -0.05) is 49.0 Å². The molecule has 1 aliphatic carbocycles. The maximum absolute atomic E-state index is 13.5. The van der Waals surface area contributed by atoms with Crippen molar-refractivity contribution in [2.75, 3.05) is 12.8 Å². The standard InChI is InChI=1S/C22H25N3O2S2/c1-14-8-9-16-17(12-14)29-20-19(16)21(27)25(11-10-15-6-4-3-5-7-15)22(24-20)28-13-18(26)23-2/h3-7,14H,8-13H2,1-2H3,(H,23,26). The van der Waals surface area contributed by atoms with E-state index in [1.165, 1.54) is 27.8 Å². The molecule has 0 saturated heterocycles. The zero-order valence-electron chi connectivity index (χ0n) is 16.7. The summed E-state index contributed by atoms with van der Waals surface area (Å²) in [5.74, 6) is 0.832. The minimum Gasteiger partial charge on any atom is -0.358 e. The van der Waals surface area contributed by atoms with Crippen molar-refractivity contribution in [3.05, 3.63) is 56.7 Å². The van der Waals surface area contributed by atoms with Crippen LogP contribution in [-0.2, 0) is 30.6 Å². The molecule has 29 heavy (non-hydrogen) atoms. The Hall–Kier alpha value is -2.12. The molecule has 1 N–H and O–H groups in total. The zero-order chi connectivity index (χ0) is 20.4. The number of aryl methyl sites for hydroxylation is 2. The van der Waals surface area contributed by atoms with E-state index in [1.54, 1.807) is 23.0 Å². The third kappa shape index (κ3) is 4.26. The lowest BCUT2D eigenvalue weighted by molar-refractivity contribution is -0.118. The molecule has 1 aliphatic rings. The van der Waals surface area contributed by atoms with Crippen molar-refractivity contribution in [1.29, 1.82) is 0 Å². The molecule has 7 heteroatoms. The number of amides is 1. The lowest BCUT2D eigenvalue weighted by Crippen LogP contribution is -2.26. The molecule has 1 amide bonds. The van der Waals surface area contributed by atoms with Gasteiger partial charge >= 0.3 is 0 Å². The van der Waals surface area contributed by atoms with E-state index < -0.39 is 0 Å². The van der Waals surface area contributed by atoms with Crippen LogP contribution in [0.25, 0.3) is 10.2 Å². The van der Waals surface area contributed by atoms with Crippen LogP contribution >= 0.6 is 23.1 Å². The largest absolute Gasteiger partial charge is 0.358 e. The maximum atomic E-state index is 13.5. The molecular formula is C22H25N3O2S2. The number of carbonyl (C=O) groups is 1. The molecule has 0 radical (unpaired) electrons. The van der Waals surface area contributed by atoms with Crippen LogP contribution in [0, 0.1) is 5.92 Å². The van der Waals surface area contributed by atoms with Crippen LogP contribution in [0.5, 0.6) is 0 Å². The van der Waals surface area contributed by atoms with E-state index in [9.17, 15) is 9.59 Å². The number of benzene rings is 1. The van der Waals surface area contributed by atoms with E-state index in [1.807, 2.05) is 18.2 Å². The summed E-state index contributed by atoms with van der Waals surface area (Å²) in [7, 11) is 1.62. The Bertz CT molecular complexity index is 1090. The molecule has 0 saturated carbocycles. The van der Waals surface area contributed by atoms with Gasteiger partial charge < -0.3 is 5.32 Å². The van der Waals surface area contributed by atoms with Gasteiger partial charge in [-0.25, -0.2) is 4.98 Å². The summed E-state index contributed by atoms with van der Waals surface area (Å²) in [5, 5.41) is 4.07. The highest BCUT2D eigenvalue weighted by atomic mass is 32.2. The van der Waals surface area contributed by atoms with E-state index in [4.69, 9.17) is 4.98 Å². The van der Waals surface area contributed by atoms with Gasteiger partial charge in [-0.2, -0.15) is 0 Å². The summed E-state index contributed by atoms with van der Waals surface area (Å²) in [4.78, 5) is 32.3. The minimum absolute atomic E-state index is 0.0393. The maximum Gasteiger partial charge on any atom is 0.263 e. The molecule has 2 heterocycles. The van der Waals surface area contributed by atoms with Gasteiger partial charge in [0, 0.05) is 18.5 Å². The predicted octanol–water partition coefficient (Wildman–Crippen LogP) is 3.66. The summed E-state index contributed by atoms with van der Waals surface area (Å²) in [6.45, 7) is 2.83. The average Bonchev–Trinajstić information content (AvgIpc) is 3.09.